The molecule has 1 fully saturated rings. The Morgan fingerprint density at radius 2 is 1.86 bits per heavy atom. The van der Waals surface area contributed by atoms with Crippen molar-refractivity contribution in [3.8, 4) is 5.75 Å². The highest BCUT2D eigenvalue weighted by Crippen LogP contribution is 2.25. The van der Waals surface area contributed by atoms with Crippen LogP contribution in [-0.4, -0.2) is 52.4 Å². The van der Waals surface area contributed by atoms with Crippen LogP contribution in [0.2, 0.25) is 0 Å². The van der Waals surface area contributed by atoms with Gasteiger partial charge in [0.15, 0.2) is 6.61 Å². The number of rotatable bonds is 5. The van der Waals surface area contributed by atoms with Crippen molar-refractivity contribution < 1.29 is 14.3 Å². The van der Waals surface area contributed by atoms with Crippen LogP contribution in [0, 0.1) is 20.8 Å². The highest BCUT2D eigenvalue weighted by molar-refractivity contribution is 5.92. The van der Waals surface area contributed by atoms with E-state index in [0.29, 0.717) is 31.6 Å². The maximum Gasteiger partial charge on any atom is 0.274 e. The fourth-order valence-corrected chi connectivity index (χ4v) is 3.35. The maximum atomic E-state index is 12.4. The number of nitrogens with zero attached hydrogens (tertiary/aromatic N) is 3. The second-order valence-electron chi connectivity index (χ2n) is 7.17. The van der Waals surface area contributed by atoms with Crippen LogP contribution in [0.25, 0.3) is 0 Å². The number of carbonyl (C=O) groups excluding carboxylic acids is 2. The van der Waals surface area contributed by atoms with E-state index in [1.807, 2.05) is 32.9 Å². The molecule has 0 spiro atoms. The van der Waals surface area contributed by atoms with E-state index in [0.717, 1.165) is 22.4 Å². The van der Waals surface area contributed by atoms with E-state index in [1.54, 1.807) is 11.1 Å². The van der Waals surface area contributed by atoms with Crippen LogP contribution in [0.4, 0.5) is 0 Å². The first kappa shape index (κ1) is 19.8. The van der Waals surface area contributed by atoms with Gasteiger partial charge >= 0.3 is 0 Å². The average Bonchev–Trinajstić information content (AvgIpc) is 2.71. The van der Waals surface area contributed by atoms with Crippen LogP contribution < -0.4 is 10.1 Å². The van der Waals surface area contributed by atoms with Gasteiger partial charge in [-0.3, -0.25) is 14.6 Å². The predicted molar refractivity (Wildman–Crippen MR) is 105 cm³/mol. The number of hydrogen-bond donors (Lipinski definition) is 1. The Morgan fingerprint density at radius 1 is 1.14 bits per heavy atom. The summed E-state index contributed by atoms with van der Waals surface area (Å²) in [4.78, 5) is 34.4. The number of aryl methyl sites for hydroxylation is 2. The Bertz CT molecular complexity index is 846. The van der Waals surface area contributed by atoms with Gasteiger partial charge in [-0.1, -0.05) is 12.1 Å². The normalized spacial score (nSPS) is 14.6. The molecule has 2 amide bonds. The van der Waals surface area contributed by atoms with Gasteiger partial charge in [-0.05, 0) is 50.3 Å². The van der Waals surface area contributed by atoms with E-state index in [9.17, 15) is 9.59 Å². The third-order valence-corrected chi connectivity index (χ3v) is 5.15. The standard InChI is InChI=1S/C21H26N4O3/c1-14-4-5-15(2)20(16(14)3)28-13-19(26)24-17-6-10-25(11-7-17)21(27)18-12-22-8-9-23-18/h4-5,8-9,12,17H,6-7,10-11,13H2,1-3H3,(H,24,26). The highest BCUT2D eigenvalue weighted by Gasteiger charge is 2.25. The zero-order valence-electron chi connectivity index (χ0n) is 16.6. The summed E-state index contributed by atoms with van der Waals surface area (Å²) in [6.45, 7) is 7.15. The lowest BCUT2D eigenvalue weighted by Gasteiger charge is -2.32. The largest absolute Gasteiger partial charge is 0.483 e. The Morgan fingerprint density at radius 3 is 2.54 bits per heavy atom. The summed E-state index contributed by atoms with van der Waals surface area (Å²) in [6, 6.07) is 4.09. The summed E-state index contributed by atoms with van der Waals surface area (Å²) >= 11 is 0. The second kappa shape index (κ2) is 8.82. The minimum absolute atomic E-state index is 0.0100. The molecule has 0 unspecified atom stereocenters. The van der Waals surface area contributed by atoms with E-state index in [-0.39, 0.29) is 24.5 Å². The molecule has 2 aromatic rings. The molecule has 0 radical (unpaired) electrons. The second-order valence-corrected chi connectivity index (χ2v) is 7.17. The first-order valence-corrected chi connectivity index (χ1v) is 9.50. The summed E-state index contributed by atoms with van der Waals surface area (Å²) < 4.78 is 5.78. The van der Waals surface area contributed by atoms with Crippen molar-refractivity contribution >= 4 is 11.8 Å². The zero-order chi connectivity index (χ0) is 20.1. The molecule has 7 nitrogen and oxygen atoms in total. The van der Waals surface area contributed by atoms with Gasteiger partial charge in [0.1, 0.15) is 11.4 Å². The summed E-state index contributed by atoms with van der Waals surface area (Å²) in [5, 5.41) is 3.01. The minimum Gasteiger partial charge on any atom is -0.483 e. The molecule has 1 N–H and O–H groups in total. The van der Waals surface area contributed by atoms with Gasteiger partial charge < -0.3 is 15.0 Å². The molecular formula is C21H26N4O3. The van der Waals surface area contributed by atoms with E-state index in [1.165, 1.54) is 12.4 Å². The first-order valence-electron chi connectivity index (χ1n) is 9.50. The average molecular weight is 382 g/mol. The zero-order valence-corrected chi connectivity index (χ0v) is 16.6. The van der Waals surface area contributed by atoms with Gasteiger partial charge in [-0.25, -0.2) is 4.98 Å². The molecule has 0 atom stereocenters. The van der Waals surface area contributed by atoms with E-state index >= 15 is 0 Å². The van der Waals surface area contributed by atoms with Crippen LogP contribution in [0.15, 0.2) is 30.7 Å². The SMILES string of the molecule is Cc1ccc(C)c(OCC(=O)NC2CCN(C(=O)c3cnccn3)CC2)c1C. The van der Waals surface area contributed by atoms with Crippen LogP contribution in [0.3, 0.4) is 0 Å². The number of amides is 2. The number of ether oxygens (including phenoxy) is 1. The minimum atomic E-state index is -0.140. The Hall–Kier alpha value is -2.96. The molecule has 1 saturated heterocycles. The number of piperidine rings is 1. The Kier molecular flexibility index (Phi) is 6.23. The molecule has 0 bridgehead atoms. The highest BCUT2D eigenvalue weighted by atomic mass is 16.5. The molecule has 2 heterocycles. The lowest BCUT2D eigenvalue weighted by molar-refractivity contribution is -0.124. The molecule has 1 aliphatic heterocycles. The summed E-state index contributed by atoms with van der Waals surface area (Å²) in [6.07, 6.45) is 5.95. The van der Waals surface area contributed by atoms with Crippen molar-refractivity contribution in [2.75, 3.05) is 19.7 Å². The molecule has 0 saturated carbocycles. The van der Waals surface area contributed by atoms with Crippen LogP contribution in [0.1, 0.15) is 40.0 Å². The van der Waals surface area contributed by atoms with Crippen LogP contribution >= 0.6 is 0 Å². The third kappa shape index (κ3) is 4.65. The smallest absolute Gasteiger partial charge is 0.274 e. The van der Waals surface area contributed by atoms with Gasteiger partial charge in [0.25, 0.3) is 11.8 Å². The summed E-state index contributed by atoms with van der Waals surface area (Å²) in [5.41, 5.74) is 3.57. The number of likely N-dealkylation sites (tertiary alicyclic amines) is 1. The van der Waals surface area contributed by atoms with E-state index in [2.05, 4.69) is 15.3 Å². The van der Waals surface area contributed by atoms with Gasteiger partial charge in [-0.2, -0.15) is 0 Å². The Labute approximate surface area is 165 Å². The van der Waals surface area contributed by atoms with Gasteiger partial charge in [-0.15, -0.1) is 0 Å². The molecule has 148 valence electrons. The summed E-state index contributed by atoms with van der Waals surface area (Å²) in [5.74, 6) is 0.519. The lowest BCUT2D eigenvalue weighted by atomic mass is 10.0. The van der Waals surface area contributed by atoms with Crippen LogP contribution in [-0.2, 0) is 4.79 Å². The number of nitrogens with one attached hydrogen (secondary N) is 1. The number of benzene rings is 1. The van der Waals surface area contributed by atoms with Crippen molar-refractivity contribution in [1.82, 2.24) is 20.2 Å². The fourth-order valence-electron chi connectivity index (χ4n) is 3.35. The first-order chi connectivity index (χ1) is 13.5. The third-order valence-electron chi connectivity index (χ3n) is 5.15. The molecule has 1 aromatic carbocycles. The van der Waals surface area contributed by atoms with E-state index < -0.39 is 0 Å². The van der Waals surface area contributed by atoms with Gasteiger partial charge in [0.2, 0.25) is 0 Å². The van der Waals surface area contributed by atoms with Gasteiger partial charge in [0.05, 0.1) is 6.20 Å². The Balaban J connectivity index is 1.47. The number of hydrogen-bond acceptors (Lipinski definition) is 5. The lowest BCUT2D eigenvalue weighted by Crippen LogP contribution is -2.47. The van der Waals surface area contributed by atoms with Crippen molar-refractivity contribution in [3.63, 3.8) is 0 Å². The van der Waals surface area contributed by atoms with Crippen molar-refractivity contribution in [2.45, 2.75) is 39.7 Å². The van der Waals surface area contributed by atoms with Crippen molar-refractivity contribution in [3.05, 3.63) is 53.1 Å². The topological polar surface area (TPSA) is 84.4 Å². The molecular weight excluding hydrogens is 356 g/mol. The van der Waals surface area contributed by atoms with Crippen molar-refractivity contribution in [1.29, 1.82) is 0 Å². The quantitative estimate of drug-likeness (QED) is 0.857. The number of carbonyl (C=O) groups is 2. The maximum absolute atomic E-state index is 12.4. The molecule has 1 aromatic heterocycles. The summed E-state index contributed by atoms with van der Waals surface area (Å²) in [7, 11) is 0. The van der Waals surface area contributed by atoms with E-state index in [4.69, 9.17) is 4.74 Å². The van der Waals surface area contributed by atoms with Gasteiger partial charge in [0, 0.05) is 31.5 Å². The monoisotopic (exact) mass is 382 g/mol. The molecule has 28 heavy (non-hydrogen) atoms. The van der Waals surface area contributed by atoms with Crippen LogP contribution in [0.5, 0.6) is 5.75 Å². The molecule has 3 rings (SSSR count). The fraction of sp³-hybridized carbons (Fsp3) is 0.429. The van der Waals surface area contributed by atoms with Crippen molar-refractivity contribution in [2.24, 2.45) is 0 Å². The number of aromatic nitrogens is 2. The molecule has 0 aliphatic carbocycles. The molecule has 1 aliphatic rings. The predicted octanol–water partition coefficient (Wildman–Crippen LogP) is 2.20. The molecule has 7 heteroatoms.